The van der Waals surface area contributed by atoms with Crippen LogP contribution in [0, 0.1) is 0 Å². The number of para-hydroxylation sites is 1. The van der Waals surface area contributed by atoms with E-state index < -0.39 is 17.2 Å². The fraction of sp³-hybridized carbons (Fsp3) is 0.160. The highest BCUT2D eigenvalue weighted by molar-refractivity contribution is 5.91. The fourth-order valence-electron chi connectivity index (χ4n) is 3.90. The quantitative estimate of drug-likeness (QED) is 0.476. The van der Waals surface area contributed by atoms with Gasteiger partial charge in [-0.25, -0.2) is 4.79 Å². The lowest BCUT2D eigenvalue weighted by atomic mass is 10.2. The molecule has 9 nitrogen and oxygen atoms in total. The van der Waals surface area contributed by atoms with Gasteiger partial charge in [-0.1, -0.05) is 18.2 Å². The Morgan fingerprint density at radius 3 is 2.53 bits per heavy atom. The van der Waals surface area contributed by atoms with Gasteiger partial charge in [0.25, 0.3) is 5.56 Å². The second-order valence-electron chi connectivity index (χ2n) is 7.74. The van der Waals surface area contributed by atoms with E-state index in [-0.39, 0.29) is 19.9 Å². The number of methoxy groups -OCH3 is 1. The van der Waals surface area contributed by atoms with Crippen molar-refractivity contribution in [1.29, 1.82) is 0 Å². The number of amides is 1. The summed E-state index contributed by atoms with van der Waals surface area (Å²) in [5.41, 5.74) is 0.658. The number of hydrogen-bond acceptors (Lipinski definition) is 6. The topological polar surface area (TPSA) is 101 Å². The highest BCUT2D eigenvalue weighted by Gasteiger charge is 2.18. The Morgan fingerprint density at radius 2 is 1.74 bits per heavy atom. The molecule has 1 aliphatic rings. The fourth-order valence-corrected chi connectivity index (χ4v) is 3.90. The van der Waals surface area contributed by atoms with Crippen molar-refractivity contribution in [2.75, 3.05) is 19.2 Å². The molecule has 0 aliphatic carbocycles. The average Bonchev–Trinajstić information content (AvgIpc) is 3.33. The Labute approximate surface area is 193 Å². The molecule has 4 aromatic rings. The third-order valence-electron chi connectivity index (χ3n) is 5.59. The summed E-state index contributed by atoms with van der Waals surface area (Å²) < 4.78 is 18.3. The minimum atomic E-state index is -0.578. The van der Waals surface area contributed by atoms with Gasteiger partial charge >= 0.3 is 5.69 Å². The summed E-state index contributed by atoms with van der Waals surface area (Å²) in [5.74, 6) is 1.44. The van der Waals surface area contributed by atoms with Gasteiger partial charge in [-0.3, -0.25) is 18.7 Å². The number of nitrogens with zero attached hydrogens (tertiary/aromatic N) is 2. The zero-order valence-electron chi connectivity index (χ0n) is 18.3. The molecule has 0 saturated heterocycles. The van der Waals surface area contributed by atoms with Crippen molar-refractivity contribution < 1.29 is 19.0 Å². The van der Waals surface area contributed by atoms with Crippen LogP contribution in [-0.2, 0) is 17.9 Å². The number of nitrogens with one attached hydrogen (secondary N) is 1. The van der Waals surface area contributed by atoms with Crippen molar-refractivity contribution in [2.24, 2.45) is 0 Å². The lowest BCUT2D eigenvalue weighted by Gasteiger charge is -2.14. The van der Waals surface area contributed by atoms with Gasteiger partial charge in [-0.2, -0.15) is 0 Å². The zero-order chi connectivity index (χ0) is 23.7. The number of anilines is 1. The standard InChI is InChI=1S/C25H21N3O6/c1-32-18-9-7-17(8-10-18)26-23(29)14-27-20-5-3-2-4-19(20)24(30)28(25(27)31)13-16-6-11-21-22(12-16)34-15-33-21/h2-12H,13-15H2,1H3,(H,26,29). The zero-order valence-corrected chi connectivity index (χ0v) is 18.3. The third kappa shape index (κ3) is 3.99. The Balaban J connectivity index is 1.50. The maximum Gasteiger partial charge on any atom is 0.332 e. The first-order valence-corrected chi connectivity index (χ1v) is 10.6. The molecule has 5 rings (SSSR count). The number of benzene rings is 3. The second kappa shape index (κ2) is 8.78. The molecule has 2 heterocycles. The van der Waals surface area contributed by atoms with Gasteiger partial charge in [0.2, 0.25) is 12.7 Å². The van der Waals surface area contributed by atoms with Crippen molar-refractivity contribution in [1.82, 2.24) is 9.13 Å². The molecule has 0 radical (unpaired) electrons. The van der Waals surface area contributed by atoms with E-state index in [4.69, 9.17) is 14.2 Å². The highest BCUT2D eigenvalue weighted by atomic mass is 16.7. The third-order valence-corrected chi connectivity index (χ3v) is 5.59. The first-order valence-electron chi connectivity index (χ1n) is 10.6. The van der Waals surface area contributed by atoms with Crippen molar-refractivity contribution >= 4 is 22.5 Å². The molecule has 1 amide bonds. The Kier molecular flexibility index (Phi) is 5.51. The highest BCUT2D eigenvalue weighted by Crippen LogP contribution is 2.32. The molecule has 0 saturated carbocycles. The maximum atomic E-state index is 13.4. The monoisotopic (exact) mass is 459 g/mol. The van der Waals surface area contributed by atoms with E-state index in [0.29, 0.717) is 39.4 Å². The summed E-state index contributed by atoms with van der Waals surface area (Å²) in [6.45, 7) is -0.100. The largest absolute Gasteiger partial charge is 0.497 e. The molecule has 0 bridgehead atoms. The van der Waals surface area contributed by atoms with Crippen LogP contribution in [0.3, 0.4) is 0 Å². The average molecular weight is 459 g/mol. The van der Waals surface area contributed by atoms with Crippen LogP contribution in [0.15, 0.2) is 76.3 Å². The minimum Gasteiger partial charge on any atom is -0.497 e. The first kappa shape index (κ1) is 21.3. The van der Waals surface area contributed by atoms with E-state index in [0.717, 1.165) is 4.57 Å². The number of carbonyl (C=O) groups excluding carboxylic acids is 1. The normalized spacial score (nSPS) is 12.0. The number of aromatic nitrogens is 2. The Morgan fingerprint density at radius 1 is 0.971 bits per heavy atom. The minimum absolute atomic E-state index is 0.0270. The summed E-state index contributed by atoms with van der Waals surface area (Å²) in [4.78, 5) is 39.3. The van der Waals surface area contributed by atoms with Gasteiger partial charge in [0.05, 0.1) is 24.6 Å². The number of rotatable bonds is 6. The van der Waals surface area contributed by atoms with Crippen molar-refractivity contribution in [3.63, 3.8) is 0 Å². The number of hydrogen-bond donors (Lipinski definition) is 1. The smallest absolute Gasteiger partial charge is 0.332 e. The molecule has 1 aliphatic heterocycles. The van der Waals surface area contributed by atoms with Crippen LogP contribution in [0.2, 0.25) is 0 Å². The summed E-state index contributed by atoms with van der Waals surface area (Å²) in [6.07, 6.45) is 0. The van der Waals surface area contributed by atoms with Crippen molar-refractivity contribution in [3.8, 4) is 17.2 Å². The van der Waals surface area contributed by atoms with E-state index >= 15 is 0 Å². The van der Waals surface area contributed by atoms with E-state index in [1.165, 1.54) is 4.57 Å². The van der Waals surface area contributed by atoms with Crippen LogP contribution in [0.1, 0.15) is 5.56 Å². The molecule has 0 unspecified atom stereocenters. The van der Waals surface area contributed by atoms with Gasteiger partial charge < -0.3 is 19.5 Å². The van der Waals surface area contributed by atoms with Crippen LogP contribution in [-0.4, -0.2) is 28.9 Å². The molecule has 1 aromatic heterocycles. The van der Waals surface area contributed by atoms with Gasteiger partial charge in [0.15, 0.2) is 11.5 Å². The molecule has 3 aromatic carbocycles. The van der Waals surface area contributed by atoms with Crippen LogP contribution in [0.25, 0.3) is 10.9 Å². The van der Waals surface area contributed by atoms with Crippen molar-refractivity contribution in [2.45, 2.75) is 13.1 Å². The Hall–Kier alpha value is -4.53. The van der Waals surface area contributed by atoms with E-state index in [1.807, 2.05) is 0 Å². The van der Waals surface area contributed by atoms with Crippen LogP contribution >= 0.6 is 0 Å². The lowest BCUT2D eigenvalue weighted by molar-refractivity contribution is -0.116. The van der Waals surface area contributed by atoms with Crippen LogP contribution < -0.4 is 30.8 Å². The summed E-state index contributed by atoms with van der Waals surface area (Å²) in [7, 11) is 1.56. The van der Waals surface area contributed by atoms with Gasteiger partial charge in [-0.15, -0.1) is 0 Å². The van der Waals surface area contributed by atoms with E-state index in [9.17, 15) is 14.4 Å². The number of carbonyl (C=O) groups is 1. The van der Waals surface area contributed by atoms with Crippen LogP contribution in [0.4, 0.5) is 5.69 Å². The van der Waals surface area contributed by atoms with Crippen molar-refractivity contribution in [3.05, 3.63) is 93.1 Å². The van der Waals surface area contributed by atoms with E-state index in [1.54, 1.807) is 73.8 Å². The molecule has 0 fully saturated rings. The summed E-state index contributed by atoms with van der Waals surface area (Å²) in [6, 6.07) is 18.9. The van der Waals surface area contributed by atoms with E-state index in [2.05, 4.69) is 5.32 Å². The van der Waals surface area contributed by atoms with Gasteiger partial charge in [-0.05, 0) is 54.1 Å². The predicted molar refractivity (Wildman–Crippen MR) is 126 cm³/mol. The molecule has 0 spiro atoms. The molecule has 1 N–H and O–H groups in total. The van der Waals surface area contributed by atoms with Crippen LogP contribution in [0.5, 0.6) is 17.2 Å². The summed E-state index contributed by atoms with van der Waals surface area (Å²) >= 11 is 0. The molecular weight excluding hydrogens is 438 g/mol. The Bertz CT molecular complexity index is 1500. The lowest BCUT2D eigenvalue weighted by Crippen LogP contribution is -2.42. The molecule has 0 atom stereocenters. The summed E-state index contributed by atoms with van der Waals surface area (Å²) in [5, 5.41) is 3.12. The molecule has 9 heteroatoms. The van der Waals surface area contributed by atoms with Gasteiger partial charge in [0, 0.05) is 5.69 Å². The van der Waals surface area contributed by atoms with Gasteiger partial charge in [0.1, 0.15) is 12.3 Å². The molecular formula is C25H21N3O6. The molecule has 34 heavy (non-hydrogen) atoms. The second-order valence-corrected chi connectivity index (χ2v) is 7.74. The predicted octanol–water partition coefficient (Wildman–Crippen LogP) is 2.59. The number of fused-ring (bicyclic) bond motifs is 2. The first-order chi connectivity index (χ1) is 16.5. The molecule has 172 valence electrons. The maximum absolute atomic E-state index is 13.4. The number of ether oxygens (including phenoxy) is 3. The SMILES string of the molecule is COc1ccc(NC(=O)Cn2c(=O)n(Cc3ccc4c(c3)OCO4)c(=O)c3ccccc32)cc1.